The van der Waals surface area contributed by atoms with Gasteiger partial charge in [0.05, 0.1) is 0 Å². The molecule has 6 heavy (non-hydrogen) atoms. The number of hydrogen-bond donors (Lipinski definition) is 3. The molecule has 0 fully saturated rings. The minimum Gasteiger partial charge on any atom is -0.261 e. The first-order valence-corrected chi connectivity index (χ1v) is 1.50. The second-order valence-corrected chi connectivity index (χ2v) is 0.955. The molecule has 0 saturated heterocycles. The van der Waals surface area contributed by atoms with E-state index < -0.39 is 10.5 Å². The molecule has 0 unspecified atom stereocenters. The van der Waals surface area contributed by atoms with E-state index >= 15 is 0 Å². The van der Waals surface area contributed by atoms with Crippen LogP contribution in [0.3, 0.4) is 0 Å². The molecule has 0 heterocycles. The Balaban J connectivity index is 3.26. The highest BCUT2D eigenvalue weighted by Crippen LogP contribution is 1.81. The summed E-state index contributed by atoms with van der Waals surface area (Å²) in [6.07, 6.45) is 0. The van der Waals surface area contributed by atoms with Crippen molar-refractivity contribution in [2.45, 2.75) is 0 Å². The van der Waals surface area contributed by atoms with Crippen LogP contribution in [0.4, 0.5) is 4.79 Å². The number of thiol groups is 1. The van der Waals surface area contributed by atoms with Crippen LogP contribution in [-0.2, 0) is 0 Å². The summed E-state index contributed by atoms with van der Waals surface area (Å²) in [7, 11) is 0. The van der Waals surface area contributed by atoms with Crippen LogP contribution in [0.5, 0.6) is 0 Å². The van der Waals surface area contributed by atoms with Crippen molar-refractivity contribution >= 4 is 17.9 Å². The fourth-order valence-electron chi connectivity index (χ4n) is 0. The number of rotatable bonds is 0. The van der Waals surface area contributed by atoms with Crippen molar-refractivity contribution in [2.75, 3.05) is 0 Å². The number of hydrogen-bond acceptors (Lipinski definition) is 3. The first-order chi connectivity index (χ1) is 2.64. The predicted octanol–water partition coefficient (Wildman–Crippen LogP) is 0.117. The Hall–Kier alpha value is -0.260. The van der Waals surface area contributed by atoms with Gasteiger partial charge in [0.1, 0.15) is 0 Å². The molecule has 0 bridgehead atoms. The lowest BCUT2D eigenvalue weighted by atomic mass is 11.4. The summed E-state index contributed by atoms with van der Waals surface area (Å²) in [6, 6.07) is 0. The van der Waals surface area contributed by atoms with Crippen LogP contribution >= 0.6 is 12.6 Å². The third-order valence-electron chi connectivity index (χ3n) is 0.171. The van der Waals surface area contributed by atoms with Crippen molar-refractivity contribution < 1.29 is 15.2 Å². The molecule has 0 saturated carbocycles. The van der Waals surface area contributed by atoms with E-state index in [4.69, 9.17) is 10.4 Å². The molecule has 2 N–H and O–H groups in total. The molecule has 5 heteroatoms. The molecule has 4 nitrogen and oxygen atoms in total. The van der Waals surface area contributed by atoms with E-state index in [1.165, 1.54) is 0 Å². The van der Waals surface area contributed by atoms with E-state index in [0.717, 1.165) is 0 Å². The number of carbonyl (C=O) groups excluding carboxylic acids is 1. The second-order valence-electron chi connectivity index (χ2n) is 0.572. The monoisotopic (exact) mass is 109 g/mol. The van der Waals surface area contributed by atoms with Gasteiger partial charge in [0.25, 0.3) is 0 Å². The molecule has 0 aromatic carbocycles. The van der Waals surface area contributed by atoms with Crippen molar-refractivity contribution in [1.82, 2.24) is 5.23 Å². The molecule has 0 rings (SSSR count). The van der Waals surface area contributed by atoms with Gasteiger partial charge in [0.2, 0.25) is 0 Å². The van der Waals surface area contributed by atoms with Gasteiger partial charge in [-0.25, -0.2) is 0 Å². The molecule has 0 aromatic heterocycles. The lowest BCUT2D eigenvalue weighted by Crippen LogP contribution is -2.15. The van der Waals surface area contributed by atoms with Crippen molar-refractivity contribution in [3.05, 3.63) is 0 Å². The van der Waals surface area contributed by atoms with Crippen LogP contribution in [0.2, 0.25) is 0 Å². The SMILES string of the molecule is O=C(S)N(O)O. The Morgan fingerprint density at radius 1 is 1.67 bits per heavy atom. The van der Waals surface area contributed by atoms with Crippen LogP contribution in [0.1, 0.15) is 0 Å². The van der Waals surface area contributed by atoms with Gasteiger partial charge >= 0.3 is 5.24 Å². The summed E-state index contributed by atoms with van der Waals surface area (Å²) >= 11 is 2.98. The number of carbonyl (C=O) groups is 1. The van der Waals surface area contributed by atoms with Gasteiger partial charge in [-0.05, 0) is 0 Å². The highest BCUT2D eigenvalue weighted by Gasteiger charge is 1.95. The standard InChI is InChI=1S/CH3NO3S/c3-1(6)2(4)5/h4-5H,(H,3,6). The minimum absolute atomic E-state index is 0.608. The minimum atomic E-state index is -1.10. The molecule has 1 amide bonds. The molecule has 0 atom stereocenters. The highest BCUT2D eigenvalue weighted by atomic mass is 32.1. The van der Waals surface area contributed by atoms with Crippen molar-refractivity contribution in [2.24, 2.45) is 0 Å². The zero-order valence-corrected chi connectivity index (χ0v) is 3.59. The maximum absolute atomic E-state index is 9.43. The van der Waals surface area contributed by atoms with Crippen molar-refractivity contribution in [3.63, 3.8) is 0 Å². The first-order valence-electron chi connectivity index (χ1n) is 1.05. The zero-order valence-electron chi connectivity index (χ0n) is 2.70. The van der Waals surface area contributed by atoms with E-state index in [1.807, 2.05) is 0 Å². The third kappa shape index (κ3) is 2.01. The van der Waals surface area contributed by atoms with Crippen LogP contribution in [-0.4, -0.2) is 20.9 Å². The first kappa shape index (κ1) is 5.74. The zero-order chi connectivity index (χ0) is 5.15. The summed E-state index contributed by atoms with van der Waals surface area (Å²) < 4.78 is 0. The number of hydroxylamine groups is 2. The van der Waals surface area contributed by atoms with E-state index in [1.54, 1.807) is 0 Å². The molecule has 0 aliphatic heterocycles. The average Bonchev–Trinajstić information content (AvgIpc) is 1.36. The molecule has 36 valence electrons. The second kappa shape index (κ2) is 2.01. The van der Waals surface area contributed by atoms with Crippen molar-refractivity contribution in [3.8, 4) is 0 Å². The van der Waals surface area contributed by atoms with E-state index in [9.17, 15) is 4.79 Å². The fourth-order valence-corrected chi connectivity index (χ4v) is 0. The largest absolute Gasteiger partial charge is 0.327 e. The lowest BCUT2D eigenvalue weighted by Gasteiger charge is -1.95. The Kier molecular flexibility index (Phi) is 1.93. The number of amides is 1. The summed E-state index contributed by atoms with van der Waals surface area (Å²) in [6.45, 7) is 0. The third-order valence-corrected chi connectivity index (χ3v) is 0.350. The smallest absolute Gasteiger partial charge is 0.261 e. The fraction of sp³-hybridized carbons (Fsp3) is 0. The summed E-state index contributed by atoms with van der Waals surface area (Å²) in [4.78, 5) is 9.43. The van der Waals surface area contributed by atoms with Crippen LogP contribution in [0.25, 0.3) is 0 Å². The molecule has 0 spiro atoms. The average molecular weight is 109 g/mol. The Bertz CT molecular complexity index is 61.8. The normalized spacial score (nSPS) is 7.83. The Morgan fingerprint density at radius 2 is 1.83 bits per heavy atom. The van der Waals surface area contributed by atoms with E-state index in [0.29, 0.717) is 0 Å². The molecule has 0 radical (unpaired) electrons. The van der Waals surface area contributed by atoms with Gasteiger partial charge in [-0.15, -0.1) is 0 Å². The van der Waals surface area contributed by atoms with E-state index in [-0.39, 0.29) is 0 Å². The highest BCUT2D eigenvalue weighted by molar-refractivity contribution is 7.96. The van der Waals surface area contributed by atoms with Gasteiger partial charge in [-0.3, -0.25) is 15.2 Å². The Labute approximate surface area is 39.3 Å². The predicted molar refractivity (Wildman–Crippen MR) is 19.8 cm³/mol. The van der Waals surface area contributed by atoms with Crippen LogP contribution < -0.4 is 0 Å². The van der Waals surface area contributed by atoms with Gasteiger partial charge < -0.3 is 0 Å². The topological polar surface area (TPSA) is 60.8 Å². The summed E-state index contributed by atoms with van der Waals surface area (Å²) in [5.74, 6) is 0. The Morgan fingerprint density at radius 3 is 1.83 bits per heavy atom. The molecular weight excluding hydrogens is 106 g/mol. The summed E-state index contributed by atoms with van der Waals surface area (Å²) in [5, 5.41) is 13.5. The van der Waals surface area contributed by atoms with Gasteiger partial charge in [0, 0.05) is 0 Å². The van der Waals surface area contributed by atoms with Crippen LogP contribution in [0.15, 0.2) is 0 Å². The van der Waals surface area contributed by atoms with Gasteiger partial charge in [0.15, 0.2) is 0 Å². The van der Waals surface area contributed by atoms with Crippen LogP contribution in [0, 0.1) is 0 Å². The molecular formula is CH3NO3S. The van der Waals surface area contributed by atoms with Gasteiger partial charge in [-0.1, -0.05) is 17.9 Å². The maximum Gasteiger partial charge on any atom is 0.327 e. The quantitative estimate of drug-likeness (QED) is 0.235. The summed E-state index contributed by atoms with van der Waals surface area (Å²) in [5.41, 5.74) is 0. The number of nitrogens with zero attached hydrogens (tertiary/aromatic N) is 1. The van der Waals surface area contributed by atoms with E-state index in [2.05, 4.69) is 12.6 Å². The molecule has 0 aromatic rings. The van der Waals surface area contributed by atoms with Crippen molar-refractivity contribution in [1.29, 1.82) is 0 Å². The molecule has 0 aliphatic carbocycles. The maximum atomic E-state index is 9.43. The molecule has 0 aliphatic rings. The van der Waals surface area contributed by atoms with Gasteiger partial charge in [-0.2, -0.15) is 0 Å². The lowest BCUT2D eigenvalue weighted by molar-refractivity contribution is -0.251.